The summed E-state index contributed by atoms with van der Waals surface area (Å²) in [6.07, 6.45) is 7.67. The first-order valence-corrected chi connectivity index (χ1v) is 9.50. The number of likely N-dealkylation sites (tertiary alicyclic amines) is 1. The number of rotatable bonds is 6. The molecule has 0 unspecified atom stereocenters. The van der Waals surface area contributed by atoms with Crippen LogP contribution in [0.2, 0.25) is 0 Å². The molecule has 2 saturated heterocycles. The van der Waals surface area contributed by atoms with Gasteiger partial charge < -0.3 is 20.4 Å². The van der Waals surface area contributed by atoms with E-state index >= 15 is 0 Å². The average Bonchev–Trinajstić information content (AvgIpc) is 3.18. The average molecular weight is 421 g/mol. The third kappa shape index (κ3) is 5.81. The van der Waals surface area contributed by atoms with Crippen molar-refractivity contribution in [1.29, 1.82) is 0 Å². The van der Waals surface area contributed by atoms with Crippen molar-refractivity contribution < 1.29 is 4.79 Å². The lowest BCUT2D eigenvalue weighted by Crippen LogP contribution is -2.55. The molecule has 3 heterocycles. The summed E-state index contributed by atoms with van der Waals surface area (Å²) in [5.41, 5.74) is -0.535. The van der Waals surface area contributed by atoms with Gasteiger partial charge in [0, 0.05) is 31.5 Å². The summed E-state index contributed by atoms with van der Waals surface area (Å²) < 4.78 is 1.85. The van der Waals surface area contributed by atoms with Gasteiger partial charge >= 0.3 is 0 Å². The molecule has 1 aromatic rings. The number of amides is 1. The van der Waals surface area contributed by atoms with Crippen molar-refractivity contribution in [2.45, 2.75) is 37.3 Å². The highest BCUT2D eigenvalue weighted by Crippen LogP contribution is 2.27. The van der Waals surface area contributed by atoms with Crippen LogP contribution in [0.15, 0.2) is 18.5 Å². The minimum atomic E-state index is -0.535. The molecule has 9 heteroatoms. The third-order valence-electron chi connectivity index (χ3n) is 5.80. The fourth-order valence-electron chi connectivity index (χ4n) is 4.07. The largest absolute Gasteiger partial charge is 0.353 e. The SMILES string of the molecule is CN(C)C1CCN(CCNC(=O)C2(n3cccn3)CCNCC2)CC1.Cl.Cl. The van der Waals surface area contributed by atoms with Crippen LogP contribution in [0.4, 0.5) is 0 Å². The van der Waals surface area contributed by atoms with E-state index in [4.69, 9.17) is 0 Å². The van der Waals surface area contributed by atoms with Gasteiger partial charge in [0.15, 0.2) is 0 Å². The zero-order valence-electron chi connectivity index (χ0n) is 16.4. The molecular weight excluding hydrogens is 387 g/mol. The molecule has 156 valence electrons. The first-order chi connectivity index (χ1) is 12.1. The van der Waals surface area contributed by atoms with Gasteiger partial charge in [0.2, 0.25) is 5.91 Å². The molecule has 0 bridgehead atoms. The summed E-state index contributed by atoms with van der Waals surface area (Å²) in [6.45, 7) is 5.58. The van der Waals surface area contributed by atoms with Crippen LogP contribution in [-0.4, -0.2) is 84.9 Å². The van der Waals surface area contributed by atoms with Crippen molar-refractivity contribution in [3.8, 4) is 0 Å². The van der Waals surface area contributed by atoms with Crippen molar-refractivity contribution in [1.82, 2.24) is 30.2 Å². The molecule has 3 rings (SSSR count). The van der Waals surface area contributed by atoms with E-state index in [1.807, 2.05) is 16.9 Å². The van der Waals surface area contributed by atoms with Crippen LogP contribution in [0.25, 0.3) is 0 Å². The minimum absolute atomic E-state index is 0. The molecule has 2 fully saturated rings. The molecule has 0 radical (unpaired) electrons. The molecule has 0 aromatic carbocycles. The molecule has 2 N–H and O–H groups in total. The van der Waals surface area contributed by atoms with Crippen LogP contribution in [0.1, 0.15) is 25.7 Å². The summed E-state index contributed by atoms with van der Waals surface area (Å²) in [5.74, 6) is 0.112. The van der Waals surface area contributed by atoms with Gasteiger partial charge in [0.25, 0.3) is 0 Å². The lowest BCUT2D eigenvalue weighted by Gasteiger charge is -2.37. The van der Waals surface area contributed by atoms with E-state index < -0.39 is 5.54 Å². The van der Waals surface area contributed by atoms with Gasteiger partial charge in [-0.15, -0.1) is 24.8 Å². The summed E-state index contributed by atoms with van der Waals surface area (Å²) in [7, 11) is 4.32. The van der Waals surface area contributed by atoms with Crippen LogP contribution in [0.3, 0.4) is 0 Å². The van der Waals surface area contributed by atoms with Crippen LogP contribution >= 0.6 is 24.8 Å². The maximum absolute atomic E-state index is 13.0. The summed E-state index contributed by atoms with van der Waals surface area (Å²) >= 11 is 0. The monoisotopic (exact) mass is 420 g/mol. The molecule has 0 atom stereocenters. The molecule has 2 aliphatic heterocycles. The minimum Gasteiger partial charge on any atom is -0.353 e. The van der Waals surface area contributed by atoms with E-state index in [0.29, 0.717) is 12.6 Å². The van der Waals surface area contributed by atoms with Gasteiger partial charge in [0.1, 0.15) is 5.54 Å². The Morgan fingerprint density at radius 1 is 1.26 bits per heavy atom. The van der Waals surface area contributed by atoms with Gasteiger partial charge in [-0.3, -0.25) is 9.48 Å². The second-order valence-corrected chi connectivity index (χ2v) is 7.52. The lowest BCUT2D eigenvalue weighted by molar-refractivity contribution is -0.132. The number of hydrogen-bond donors (Lipinski definition) is 2. The molecule has 1 aromatic heterocycles. The van der Waals surface area contributed by atoms with Crippen molar-refractivity contribution in [3.63, 3.8) is 0 Å². The highest BCUT2D eigenvalue weighted by Gasteiger charge is 2.41. The Morgan fingerprint density at radius 3 is 2.48 bits per heavy atom. The van der Waals surface area contributed by atoms with E-state index in [9.17, 15) is 4.79 Å². The predicted molar refractivity (Wildman–Crippen MR) is 113 cm³/mol. The summed E-state index contributed by atoms with van der Waals surface area (Å²) in [4.78, 5) is 17.8. The number of carbonyl (C=O) groups is 1. The third-order valence-corrected chi connectivity index (χ3v) is 5.80. The van der Waals surface area contributed by atoms with Crippen molar-refractivity contribution in [2.75, 3.05) is 53.4 Å². The number of nitrogens with one attached hydrogen (secondary N) is 2. The van der Waals surface area contributed by atoms with Crippen molar-refractivity contribution >= 4 is 30.7 Å². The Balaban J connectivity index is 0.00000182. The zero-order chi connectivity index (χ0) is 17.7. The number of carbonyl (C=O) groups excluding carboxylic acids is 1. The highest BCUT2D eigenvalue weighted by molar-refractivity contribution is 5.85. The second-order valence-electron chi connectivity index (χ2n) is 7.52. The first-order valence-electron chi connectivity index (χ1n) is 9.50. The van der Waals surface area contributed by atoms with Gasteiger partial charge in [-0.05, 0) is 72.0 Å². The number of aromatic nitrogens is 2. The van der Waals surface area contributed by atoms with Crippen molar-refractivity contribution in [3.05, 3.63) is 18.5 Å². The Hall–Kier alpha value is -0.860. The highest BCUT2D eigenvalue weighted by atomic mass is 35.5. The normalized spacial score (nSPS) is 20.6. The molecule has 0 spiro atoms. The van der Waals surface area contributed by atoms with Gasteiger partial charge in [-0.25, -0.2) is 0 Å². The van der Waals surface area contributed by atoms with Crippen LogP contribution in [0, 0.1) is 0 Å². The number of piperidine rings is 2. The maximum Gasteiger partial charge on any atom is 0.248 e. The van der Waals surface area contributed by atoms with Gasteiger partial charge in [-0.2, -0.15) is 5.10 Å². The van der Waals surface area contributed by atoms with Gasteiger partial charge in [-0.1, -0.05) is 0 Å². The Morgan fingerprint density at radius 2 is 1.93 bits per heavy atom. The van der Waals surface area contributed by atoms with E-state index in [-0.39, 0.29) is 30.7 Å². The van der Waals surface area contributed by atoms with E-state index in [1.165, 1.54) is 12.8 Å². The van der Waals surface area contributed by atoms with Crippen LogP contribution in [-0.2, 0) is 10.3 Å². The fraction of sp³-hybridized carbons (Fsp3) is 0.778. The van der Waals surface area contributed by atoms with E-state index in [0.717, 1.165) is 45.6 Å². The summed E-state index contributed by atoms with van der Waals surface area (Å²) in [5, 5.41) is 10.9. The van der Waals surface area contributed by atoms with Crippen LogP contribution < -0.4 is 10.6 Å². The molecule has 2 aliphatic rings. The van der Waals surface area contributed by atoms with E-state index in [1.54, 1.807) is 6.20 Å². The number of halogens is 2. The lowest BCUT2D eigenvalue weighted by atomic mass is 9.87. The first kappa shape index (κ1) is 24.2. The predicted octanol–water partition coefficient (Wildman–Crippen LogP) is 0.948. The van der Waals surface area contributed by atoms with Crippen molar-refractivity contribution in [2.24, 2.45) is 0 Å². The van der Waals surface area contributed by atoms with Crippen LogP contribution in [0.5, 0.6) is 0 Å². The van der Waals surface area contributed by atoms with Gasteiger partial charge in [0.05, 0.1) is 0 Å². The second kappa shape index (κ2) is 11.2. The zero-order valence-corrected chi connectivity index (χ0v) is 18.0. The summed E-state index contributed by atoms with van der Waals surface area (Å²) in [6, 6.07) is 2.59. The molecule has 27 heavy (non-hydrogen) atoms. The Kier molecular flexibility index (Phi) is 10.0. The Bertz CT molecular complexity index is 540. The number of hydrogen-bond acceptors (Lipinski definition) is 5. The maximum atomic E-state index is 13.0. The topological polar surface area (TPSA) is 65.4 Å². The quantitative estimate of drug-likeness (QED) is 0.716. The molecule has 1 amide bonds. The standard InChI is InChI=1S/C18H32N6O.2ClH/c1-22(2)16-4-13-23(14-5-16)15-11-20-17(25)18(6-9-19-10-7-18)24-12-3-8-21-24;;/h3,8,12,16,19H,4-7,9-11,13-15H2,1-2H3,(H,20,25);2*1H. The molecule has 0 aliphatic carbocycles. The fourth-order valence-corrected chi connectivity index (χ4v) is 4.07. The molecule has 0 saturated carbocycles. The van der Waals surface area contributed by atoms with E-state index in [2.05, 4.69) is 39.6 Å². The Labute approximate surface area is 175 Å². The number of nitrogens with zero attached hydrogens (tertiary/aromatic N) is 4. The smallest absolute Gasteiger partial charge is 0.248 e. The molecule has 7 nitrogen and oxygen atoms in total. The molecular formula is C18H34Cl2N6O.